The average Bonchev–Trinajstić information content (AvgIpc) is 2.43. The van der Waals surface area contributed by atoms with Crippen LogP contribution >= 0.6 is 0 Å². The number of hydrogen-bond donors (Lipinski definition) is 1. The highest BCUT2D eigenvalue weighted by atomic mass is 16.6. The second-order valence-corrected chi connectivity index (χ2v) is 4.21. The Morgan fingerprint density at radius 2 is 2.15 bits per heavy atom. The lowest BCUT2D eigenvalue weighted by atomic mass is 10.3. The second-order valence-electron chi connectivity index (χ2n) is 4.21. The summed E-state index contributed by atoms with van der Waals surface area (Å²) in [5.74, 6) is 0.235. The molecule has 0 spiro atoms. The van der Waals surface area contributed by atoms with E-state index in [1.807, 2.05) is 0 Å². The molecule has 110 valence electrons. The Labute approximate surface area is 116 Å². The van der Waals surface area contributed by atoms with Gasteiger partial charge in [-0.2, -0.15) is 4.98 Å². The van der Waals surface area contributed by atoms with E-state index in [2.05, 4.69) is 15.3 Å². The van der Waals surface area contributed by atoms with E-state index in [9.17, 15) is 14.9 Å². The first-order chi connectivity index (χ1) is 9.40. The standard InChI is InChI=1S/C11H18N6O3/c1-5-16(7-9(18)15(3)4)10-8(17(19)20)6-13-11(12-2)14-10/h6H,5,7H2,1-4H3,(H,12,13,14). The van der Waals surface area contributed by atoms with Crippen LogP contribution in [0.2, 0.25) is 0 Å². The summed E-state index contributed by atoms with van der Waals surface area (Å²) in [5.41, 5.74) is -0.225. The van der Waals surface area contributed by atoms with Crippen LogP contribution in [0.1, 0.15) is 6.92 Å². The quantitative estimate of drug-likeness (QED) is 0.592. The van der Waals surface area contributed by atoms with Crippen molar-refractivity contribution < 1.29 is 9.72 Å². The summed E-state index contributed by atoms with van der Waals surface area (Å²) in [4.78, 5) is 33.1. The van der Waals surface area contributed by atoms with Crippen molar-refractivity contribution in [2.75, 3.05) is 44.4 Å². The first-order valence-corrected chi connectivity index (χ1v) is 6.05. The van der Waals surface area contributed by atoms with Crippen molar-refractivity contribution >= 4 is 23.4 Å². The number of aromatic nitrogens is 2. The van der Waals surface area contributed by atoms with Crippen molar-refractivity contribution in [3.8, 4) is 0 Å². The van der Waals surface area contributed by atoms with Gasteiger partial charge in [-0.3, -0.25) is 14.9 Å². The van der Waals surface area contributed by atoms with Crippen LogP contribution in [-0.4, -0.2) is 59.9 Å². The minimum Gasteiger partial charge on any atom is -0.357 e. The van der Waals surface area contributed by atoms with E-state index in [0.29, 0.717) is 6.54 Å². The summed E-state index contributed by atoms with van der Waals surface area (Å²) < 4.78 is 0. The molecule has 1 rings (SSSR count). The molecule has 1 heterocycles. The molecular formula is C11H18N6O3. The lowest BCUT2D eigenvalue weighted by Crippen LogP contribution is -2.37. The Hall–Kier alpha value is -2.45. The molecule has 0 aromatic carbocycles. The zero-order valence-corrected chi connectivity index (χ0v) is 12.0. The van der Waals surface area contributed by atoms with E-state index in [4.69, 9.17) is 0 Å². The van der Waals surface area contributed by atoms with Crippen LogP contribution in [0, 0.1) is 10.1 Å². The fraction of sp³-hybridized carbons (Fsp3) is 0.545. The van der Waals surface area contributed by atoms with Crippen LogP contribution < -0.4 is 10.2 Å². The average molecular weight is 282 g/mol. The van der Waals surface area contributed by atoms with E-state index in [-0.39, 0.29) is 29.9 Å². The number of nitro groups is 1. The molecule has 0 atom stereocenters. The van der Waals surface area contributed by atoms with Gasteiger partial charge in [0, 0.05) is 27.7 Å². The zero-order chi connectivity index (χ0) is 15.3. The Balaban J connectivity index is 3.18. The summed E-state index contributed by atoms with van der Waals surface area (Å²) in [5, 5.41) is 13.8. The maximum absolute atomic E-state index is 11.8. The Kier molecular flexibility index (Phi) is 5.18. The molecule has 0 saturated heterocycles. The number of nitrogens with zero attached hydrogens (tertiary/aromatic N) is 5. The number of carbonyl (C=O) groups is 1. The van der Waals surface area contributed by atoms with Gasteiger partial charge < -0.3 is 15.1 Å². The number of likely N-dealkylation sites (N-methyl/N-ethyl adjacent to an activating group) is 2. The highest BCUT2D eigenvalue weighted by Crippen LogP contribution is 2.25. The summed E-state index contributed by atoms with van der Waals surface area (Å²) >= 11 is 0. The van der Waals surface area contributed by atoms with Gasteiger partial charge in [0.15, 0.2) is 0 Å². The molecule has 0 aliphatic heterocycles. The van der Waals surface area contributed by atoms with Gasteiger partial charge in [0.25, 0.3) is 0 Å². The van der Waals surface area contributed by atoms with Gasteiger partial charge in [0.1, 0.15) is 6.20 Å². The van der Waals surface area contributed by atoms with Crippen molar-refractivity contribution in [3.63, 3.8) is 0 Å². The lowest BCUT2D eigenvalue weighted by molar-refractivity contribution is -0.384. The van der Waals surface area contributed by atoms with Gasteiger partial charge in [0.05, 0.1) is 11.5 Å². The summed E-state index contributed by atoms with van der Waals surface area (Å²) in [7, 11) is 4.87. The maximum atomic E-state index is 11.8. The van der Waals surface area contributed by atoms with Gasteiger partial charge in [-0.05, 0) is 6.92 Å². The second kappa shape index (κ2) is 6.64. The van der Waals surface area contributed by atoms with Crippen LogP contribution in [0.5, 0.6) is 0 Å². The van der Waals surface area contributed by atoms with Gasteiger partial charge in [0.2, 0.25) is 17.7 Å². The molecule has 20 heavy (non-hydrogen) atoms. The highest BCUT2D eigenvalue weighted by Gasteiger charge is 2.24. The molecule has 1 aromatic heterocycles. The van der Waals surface area contributed by atoms with Gasteiger partial charge >= 0.3 is 5.69 Å². The molecular weight excluding hydrogens is 264 g/mol. The number of nitrogens with one attached hydrogen (secondary N) is 1. The monoisotopic (exact) mass is 282 g/mol. The first-order valence-electron chi connectivity index (χ1n) is 6.05. The number of amides is 1. The minimum absolute atomic E-state index is 0.0184. The maximum Gasteiger partial charge on any atom is 0.329 e. The Morgan fingerprint density at radius 1 is 1.50 bits per heavy atom. The van der Waals surface area contributed by atoms with E-state index >= 15 is 0 Å². The molecule has 1 N–H and O–H groups in total. The lowest BCUT2D eigenvalue weighted by Gasteiger charge is -2.22. The largest absolute Gasteiger partial charge is 0.357 e. The summed E-state index contributed by atoms with van der Waals surface area (Å²) in [6.45, 7) is 2.24. The predicted molar refractivity (Wildman–Crippen MR) is 74.8 cm³/mol. The third-order valence-corrected chi connectivity index (χ3v) is 2.68. The molecule has 0 bridgehead atoms. The first kappa shape index (κ1) is 15.6. The molecule has 9 heteroatoms. The number of hydrogen-bond acceptors (Lipinski definition) is 7. The third-order valence-electron chi connectivity index (χ3n) is 2.68. The molecule has 1 aromatic rings. The van der Waals surface area contributed by atoms with Crippen molar-refractivity contribution in [2.45, 2.75) is 6.92 Å². The minimum atomic E-state index is -0.558. The Bertz CT molecular complexity index is 505. The third kappa shape index (κ3) is 3.53. The van der Waals surface area contributed by atoms with Crippen molar-refractivity contribution in [1.29, 1.82) is 0 Å². The normalized spacial score (nSPS) is 10.0. The molecule has 1 amide bonds. The summed E-state index contributed by atoms with van der Waals surface area (Å²) in [6, 6.07) is 0. The topological polar surface area (TPSA) is 104 Å². The smallest absolute Gasteiger partial charge is 0.329 e. The molecule has 0 saturated carbocycles. The van der Waals surface area contributed by atoms with Crippen LogP contribution in [0.4, 0.5) is 17.5 Å². The summed E-state index contributed by atoms with van der Waals surface area (Å²) in [6.07, 6.45) is 1.14. The van der Waals surface area contributed by atoms with Crippen LogP contribution in [0.3, 0.4) is 0 Å². The molecule has 0 fully saturated rings. The fourth-order valence-electron chi connectivity index (χ4n) is 1.49. The highest BCUT2D eigenvalue weighted by molar-refractivity contribution is 5.81. The van der Waals surface area contributed by atoms with Crippen LogP contribution in [0.15, 0.2) is 6.20 Å². The number of rotatable bonds is 6. The van der Waals surface area contributed by atoms with E-state index in [1.165, 1.54) is 4.90 Å². The van der Waals surface area contributed by atoms with E-state index in [0.717, 1.165) is 6.20 Å². The predicted octanol–water partition coefficient (Wildman–Crippen LogP) is 0.341. The van der Waals surface area contributed by atoms with Crippen molar-refractivity contribution in [1.82, 2.24) is 14.9 Å². The van der Waals surface area contributed by atoms with Crippen LogP contribution in [-0.2, 0) is 4.79 Å². The molecule has 9 nitrogen and oxygen atoms in total. The van der Waals surface area contributed by atoms with E-state index in [1.54, 1.807) is 33.0 Å². The molecule has 0 aliphatic carbocycles. The molecule has 0 unspecified atom stereocenters. The number of carbonyl (C=O) groups excluding carboxylic acids is 1. The number of anilines is 2. The van der Waals surface area contributed by atoms with Gasteiger partial charge in [-0.25, -0.2) is 4.98 Å². The van der Waals surface area contributed by atoms with Gasteiger partial charge in [-0.15, -0.1) is 0 Å². The van der Waals surface area contributed by atoms with Crippen molar-refractivity contribution in [3.05, 3.63) is 16.3 Å². The van der Waals surface area contributed by atoms with Gasteiger partial charge in [-0.1, -0.05) is 0 Å². The molecule has 0 aliphatic rings. The van der Waals surface area contributed by atoms with Crippen molar-refractivity contribution in [2.24, 2.45) is 0 Å². The Morgan fingerprint density at radius 3 is 2.60 bits per heavy atom. The fourth-order valence-corrected chi connectivity index (χ4v) is 1.49. The molecule has 0 radical (unpaired) electrons. The van der Waals surface area contributed by atoms with E-state index < -0.39 is 4.92 Å². The zero-order valence-electron chi connectivity index (χ0n) is 12.0. The van der Waals surface area contributed by atoms with Crippen LogP contribution in [0.25, 0.3) is 0 Å². The SMILES string of the molecule is CCN(CC(=O)N(C)C)c1nc(NC)ncc1[N+](=O)[O-].